The molecule has 25 heavy (non-hydrogen) atoms. The molecule has 2 saturated carbocycles. The fourth-order valence-corrected chi connectivity index (χ4v) is 3.41. The zero-order valence-corrected chi connectivity index (χ0v) is 17.7. The zero-order valence-electron chi connectivity index (χ0n) is 15.3. The summed E-state index contributed by atoms with van der Waals surface area (Å²) in [7, 11) is 3.48. The summed E-state index contributed by atoms with van der Waals surface area (Å²) in [5.74, 6) is 1.77. The van der Waals surface area contributed by atoms with Gasteiger partial charge in [0.2, 0.25) is 0 Å². The summed E-state index contributed by atoms with van der Waals surface area (Å²) in [4.78, 5) is 6.94. The van der Waals surface area contributed by atoms with Crippen LogP contribution in [0.15, 0.2) is 23.2 Å². The van der Waals surface area contributed by atoms with Crippen LogP contribution in [0, 0.1) is 17.2 Å². The monoisotopic (exact) mass is 461 g/mol. The van der Waals surface area contributed by atoms with Crippen molar-refractivity contribution in [1.29, 1.82) is 0 Å². The quantitative estimate of drug-likeness (QED) is 0.379. The van der Waals surface area contributed by atoms with E-state index in [0.29, 0.717) is 12.0 Å². The Morgan fingerprint density at radius 3 is 2.64 bits per heavy atom. The van der Waals surface area contributed by atoms with Crippen molar-refractivity contribution >= 4 is 29.9 Å². The number of hydrogen-bond acceptors (Lipinski definition) is 2. The highest BCUT2D eigenvalue weighted by Crippen LogP contribution is 2.61. The Morgan fingerprint density at radius 1 is 1.40 bits per heavy atom. The smallest absolute Gasteiger partial charge is 0.193 e. The summed E-state index contributed by atoms with van der Waals surface area (Å²) in [6.45, 7) is 4.44. The van der Waals surface area contributed by atoms with E-state index in [1.54, 1.807) is 6.07 Å². The van der Waals surface area contributed by atoms with Crippen LogP contribution in [0.5, 0.6) is 5.75 Å². The molecule has 1 N–H and O–H groups in total. The topological polar surface area (TPSA) is 36.9 Å². The van der Waals surface area contributed by atoms with Crippen molar-refractivity contribution in [2.45, 2.75) is 39.2 Å². The minimum absolute atomic E-state index is 0. The maximum Gasteiger partial charge on any atom is 0.193 e. The molecule has 0 radical (unpaired) electrons. The minimum atomic E-state index is -0.323. The number of ether oxygens (including phenoxy) is 1. The summed E-state index contributed by atoms with van der Waals surface area (Å²) in [5, 5.41) is 3.36. The van der Waals surface area contributed by atoms with E-state index in [9.17, 15) is 4.39 Å². The Kier molecular flexibility index (Phi) is 6.93. The number of methoxy groups -OCH3 is 1. The number of nitrogens with zero attached hydrogens (tertiary/aromatic N) is 2. The first-order valence-corrected chi connectivity index (χ1v) is 8.90. The summed E-state index contributed by atoms with van der Waals surface area (Å²) < 4.78 is 18.8. The van der Waals surface area contributed by atoms with Crippen LogP contribution in [0.1, 0.15) is 38.2 Å². The van der Waals surface area contributed by atoms with E-state index in [4.69, 9.17) is 9.73 Å². The molecule has 2 fully saturated rings. The van der Waals surface area contributed by atoms with Gasteiger partial charge in [0, 0.05) is 26.7 Å². The van der Waals surface area contributed by atoms with Crippen molar-refractivity contribution in [1.82, 2.24) is 10.2 Å². The number of benzene rings is 1. The second-order valence-electron chi connectivity index (χ2n) is 7.13. The molecule has 6 heteroatoms. The number of hydrogen-bond donors (Lipinski definition) is 1. The molecule has 0 spiro atoms. The standard InChI is InChI=1S/C19H28FN3O.HI/c1-4-21-18(22-13-19(9-10-19)15-6-7-15)23(2)12-14-5-8-17(24-3)16(20)11-14;/h5,8,11,15H,4,6-7,9-10,12-13H2,1-3H3,(H,21,22);1H. The van der Waals surface area contributed by atoms with E-state index >= 15 is 0 Å². The average Bonchev–Trinajstić information content (AvgIpc) is 3.45. The molecule has 0 amide bonds. The lowest BCUT2D eigenvalue weighted by molar-refractivity contribution is 0.385. The Balaban J connectivity index is 0.00000225. The van der Waals surface area contributed by atoms with Crippen molar-refractivity contribution in [2.75, 3.05) is 27.2 Å². The highest BCUT2D eigenvalue weighted by Gasteiger charge is 2.53. The van der Waals surface area contributed by atoms with Crippen LogP contribution in [-0.4, -0.2) is 38.1 Å². The van der Waals surface area contributed by atoms with Gasteiger partial charge in [0.15, 0.2) is 17.5 Å². The Bertz CT molecular complexity index is 615. The maximum absolute atomic E-state index is 13.9. The highest BCUT2D eigenvalue weighted by molar-refractivity contribution is 14.0. The zero-order chi connectivity index (χ0) is 17.2. The van der Waals surface area contributed by atoms with E-state index in [1.165, 1.54) is 38.9 Å². The van der Waals surface area contributed by atoms with Crippen LogP contribution in [0.3, 0.4) is 0 Å². The van der Waals surface area contributed by atoms with Crippen molar-refractivity contribution < 1.29 is 9.13 Å². The van der Waals surface area contributed by atoms with Gasteiger partial charge in [-0.15, -0.1) is 24.0 Å². The third-order valence-corrected chi connectivity index (χ3v) is 5.21. The average molecular weight is 461 g/mol. The molecule has 0 unspecified atom stereocenters. The number of rotatable bonds is 7. The summed E-state index contributed by atoms with van der Waals surface area (Å²) in [6.07, 6.45) is 5.42. The molecule has 1 aromatic carbocycles. The molecule has 2 aliphatic carbocycles. The van der Waals surface area contributed by atoms with Gasteiger partial charge in [0.1, 0.15) is 0 Å². The molecule has 4 nitrogen and oxygen atoms in total. The van der Waals surface area contributed by atoms with Gasteiger partial charge in [-0.1, -0.05) is 6.07 Å². The van der Waals surface area contributed by atoms with Crippen LogP contribution in [0.25, 0.3) is 0 Å². The van der Waals surface area contributed by atoms with E-state index in [-0.39, 0.29) is 35.5 Å². The van der Waals surface area contributed by atoms with Gasteiger partial charge in [0.05, 0.1) is 7.11 Å². The largest absolute Gasteiger partial charge is 0.494 e. The predicted molar refractivity (Wildman–Crippen MR) is 110 cm³/mol. The number of aliphatic imine (C=N–C) groups is 1. The van der Waals surface area contributed by atoms with Gasteiger partial charge >= 0.3 is 0 Å². The first-order valence-electron chi connectivity index (χ1n) is 8.90. The van der Waals surface area contributed by atoms with Gasteiger partial charge in [-0.25, -0.2) is 4.39 Å². The molecular formula is C19H29FIN3O. The van der Waals surface area contributed by atoms with E-state index in [0.717, 1.165) is 30.5 Å². The maximum atomic E-state index is 13.9. The lowest BCUT2D eigenvalue weighted by Crippen LogP contribution is -2.39. The Hall–Kier alpha value is -1.05. The molecule has 0 saturated heterocycles. The normalized spacial score (nSPS) is 18.3. The molecule has 2 aliphatic rings. The van der Waals surface area contributed by atoms with Crippen molar-refractivity contribution in [3.8, 4) is 5.75 Å². The minimum Gasteiger partial charge on any atom is -0.494 e. The van der Waals surface area contributed by atoms with Gasteiger partial charge in [-0.2, -0.15) is 0 Å². The molecule has 3 rings (SSSR count). The SMILES string of the molecule is CCNC(=NCC1(C2CC2)CC1)N(C)Cc1ccc(OC)c(F)c1.I. The Labute approximate surface area is 167 Å². The summed E-state index contributed by atoms with van der Waals surface area (Å²) in [6, 6.07) is 5.11. The van der Waals surface area contributed by atoms with E-state index in [1.807, 2.05) is 13.1 Å². The number of halogens is 2. The lowest BCUT2D eigenvalue weighted by atomic mass is 10.0. The molecule has 0 aliphatic heterocycles. The van der Waals surface area contributed by atoms with Crippen LogP contribution >= 0.6 is 24.0 Å². The Morgan fingerprint density at radius 2 is 2.12 bits per heavy atom. The molecule has 140 valence electrons. The third-order valence-electron chi connectivity index (χ3n) is 5.21. The first kappa shape index (κ1) is 20.3. The molecule has 1 aromatic rings. The van der Waals surface area contributed by atoms with E-state index < -0.39 is 0 Å². The second kappa shape index (κ2) is 8.56. The van der Waals surface area contributed by atoms with Crippen LogP contribution < -0.4 is 10.1 Å². The fourth-order valence-electron chi connectivity index (χ4n) is 3.41. The van der Waals surface area contributed by atoms with E-state index in [2.05, 4.69) is 17.1 Å². The fraction of sp³-hybridized carbons (Fsp3) is 0.632. The van der Waals surface area contributed by atoms with Gasteiger partial charge in [-0.3, -0.25) is 4.99 Å². The molecule has 0 atom stereocenters. The first-order chi connectivity index (χ1) is 11.6. The lowest BCUT2D eigenvalue weighted by Gasteiger charge is -2.23. The number of guanidine groups is 1. The third kappa shape index (κ3) is 4.99. The highest BCUT2D eigenvalue weighted by atomic mass is 127. The van der Waals surface area contributed by atoms with Crippen molar-refractivity contribution in [3.05, 3.63) is 29.6 Å². The van der Waals surface area contributed by atoms with Crippen molar-refractivity contribution in [2.24, 2.45) is 16.3 Å². The van der Waals surface area contributed by atoms with Crippen molar-refractivity contribution in [3.63, 3.8) is 0 Å². The second-order valence-corrected chi connectivity index (χ2v) is 7.13. The van der Waals surface area contributed by atoms with Crippen LogP contribution in [0.2, 0.25) is 0 Å². The number of nitrogens with one attached hydrogen (secondary N) is 1. The van der Waals surface area contributed by atoms with Crippen LogP contribution in [0.4, 0.5) is 4.39 Å². The molecule has 0 bridgehead atoms. The van der Waals surface area contributed by atoms with Gasteiger partial charge in [0.25, 0.3) is 0 Å². The molecule has 0 heterocycles. The summed E-state index contributed by atoms with van der Waals surface area (Å²) >= 11 is 0. The molecular weight excluding hydrogens is 432 g/mol. The van der Waals surface area contributed by atoms with Gasteiger partial charge in [-0.05, 0) is 61.6 Å². The van der Waals surface area contributed by atoms with Gasteiger partial charge < -0.3 is 15.0 Å². The predicted octanol–water partition coefficient (Wildman–Crippen LogP) is 4.04. The van der Waals surface area contributed by atoms with Crippen LogP contribution in [-0.2, 0) is 6.54 Å². The summed E-state index contributed by atoms with van der Waals surface area (Å²) in [5.41, 5.74) is 1.40. The molecule has 0 aromatic heterocycles.